The molecule has 2 bridgehead atoms. The molecule has 0 amide bonds. The van der Waals surface area contributed by atoms with Gasteiger partial charge in [0.15, 0.2) is 0 Å². The largest absolute Gasteiger partial charge is 0.299 e. The molecule has 0 aromatic carbocycles. The second kappa shape index (κ2) is 3.36. The molecule has 4 heteroatoms. The maximum Gasteiger partial charge on any atom is 0.104 e. The maximum absolute atomic E-state index is 4.85. The summed E-state index contributed by atoms with van der Waals surface area (Å²) in [5.74, 6) is 0.752. The molecule has 2 unspecified atom stereocenters. The topological polar surface area (TPSA) is 24.5 Å². The predicted octanol–water partition coefficient (Wildman–Crippen LogP) is 1.08. The number of halogens is 1. The maximum atomic E-state index is 4.85. The molecule has 0 aromatic heterocycles. The van der Waals surface area contributed by atoms with Crippen molar-refractivity contribution in [2.24, 2.45) is 5.92 Å². The summed E-state index contributed by atoms with van der Waals surface area (Å²) in [5.41, 5.74) is 4.30. The molecule has 2 rings (SSSR count). The van der Waals surface area contributed by atoms with Crippen molar-refractivity contribution < 1.29 is 4.84 Å². The van der Waals surface area contributed by atoms with Crippen LogP contribution in [0.3, 0.4) is 0 Å². The molecule has 3 nitrogen and oxygen atoms in total. The van der Waals surface area contributed by atoms with Crippen LogP contribution in [-0.2, 0) is 4.84 Å². The molecule has 0 aromatic rings. The van der Waals surface area contributed by atoms with Crippen molar-refractivity contribution in [1.29, 1.82) is 0 Å². The highest BCUT2D eigenvalue weighted by atomic mass is 79.9. The SMILES string of the molecule is CONC(Br)=C1CN2CCC1C2. The van der Waals surface area contributed by atoms with Crippen molar-refractivity contribution in [3.63, 3.8) is 0 Å². The molecule has 2 atom stereocenters. The van der Waals surface area contributed by atoms with E-state index in [1.165, 1.54) is 25.1 Å². The molecule has 2 fully saturated rings. The summed E-state index contributed by atoms with van der Waals surface area (Å²) in [6.45, 7) is 3.60. The number of rotatable bonds is 2. The number of nitrogens with zero attached hydrogens (tertiary/aromatic N) is 1. The van der Waals surface area contributed by atoms with Gasteiger partial charge in [-0.3, -0.25) is 15.2 Å². The van der Waals surface area contributed by atoms with Crippen molar-refractivity contribution in [2.75, 3.05) is 26.7 Å². The zero-order valence-corrected chi connectivity index (χ0v) is 8.73. The third-order valence-electron chi connectivity index (χ3n) is 2.63. The van der Waals surface area contributed by atoms with Crippen LogP contribution in [0.15, 0.2) is 10.2 Å². The minimum atomic E-state index is 0.752. The molecule has 1 N–H and O–H groups in total. The van der Waals surface area contributed by atoms with Gasteiger partial charge in [-0.25, -0.2) is 0 Å². The van der Waals surface area contributed by atoms with Crippen molar-refractivity contribution in [2.45, 2.75) is 6.42 Å². The minimum Gasteiger partial charge on any atom is -0.299 e. The van der Waals surface area contributed by atoms with Crippen molar-refractivity contribution in [3.05, 3.63) is 10.2 Å². The van der Waals surface area contributed by atoms with E-state index < -0.39 is 0 Å². The normalized spacial score (nSPS) is 37.2. The molecule has 68 valence electrons. The summed E-state index contributed by atoms with van der Waals surface area (Å²) >= 11 is 3.48. The Labute approximate surface area is 80.8 Å². The Bertz CT molecular complexity index is 217. The van der Waals surface area contributed by atoms with Crippen LogP contribution in [-0.4, -0.2) is 31.6 Å². The predicted molar refractivity (Wildman–Crippen MR) is 50.6 cm³/mol. The smallest absolute Gasteiger partial charge is 0.104 e. The summed E-state index contributed by atoms with van der Waals surface area (Å²) < 4.78 is 1.03. The van der Waals surface area contributed by atoms with Gasteiger partial charge in [-0.1, -0.05) is 0 Å². The van der Waals surface area contributed by atoms with Crippen LogP contribution in [0, 0.1) is 5.92 Å². The molecule has 12 heavy (non-hydrogen) atoms. The standard InChI is InChI=1S/C8H13BrN2O/c1-12-10-8(9)7-5-11-3-2-6(7)4-11/h6,10H,2-5H2,1H3. The van der Waals surface area contributed by atoms with Gasteiger partial charge in [-0.2, -0.15) is 0 Å². The highest BCUT2D eigenvalue weighted by Crippen LogP contribution is 2.34. The van der Waals surface area contributed by atoms with Gasteiger partial charge < -0.3 is 0 Å². The van der Waals surface area contributed by atoms with Crippen molar-refractivity contribution in [3.8, 4) is 0 Å². The van der Waals surface area contributed by atoms with E-state index in [4.69, 9.17) is 4.84 Å². The lowest BCUT2D eigenvalue weighted by Gasteiger charge is -2.16. The summed E-state index contributed by atoms with van der Waals surface area (Å²) in [5, 5.41) is 0. The molecule has 0 aliphatic carbocycles. The number of piperidine rings is 1. The molecule has 0 saturated carbocycles. The fourth-order valence-corrected chi connectivity index (χ4v) is 2.65. The number of hydroxylamine groups is 1. The minimum absolute atomic E-state index is 0.752. The van der Waals surface area contributed by atoms with E-state index >= 15 is 0 Å². The first-order valence-corrected chi connectivity index (χ1v) is 5.00. The van der Waals surface area contributed by atoms with Gasteiger partial charge in [0.2, 0.25) is 0 Å². The van der Waals surface area contributed by atoms with E-state index in [0.29, 0.717) is 0 Å². The first-order valence-electron chi connectivity index (χ1n) is 4.21. The average molecular weight is 233 g/mol. The second-order valence-corrected chi connectivity index (χ2v) is 4.16. The van der Waals surface area contributed by atoms with E-state index in [-0.39, 0.29) is 0 Å². The zero-order chi connectivity index (χ0) is 8.55. The molecule has 2 heterocycles. The van der Waals surface area contributed by atoms with Crippen LogP contribution in [0.2, 0.25) is 0 Å². The second-order valence-electron chi connectivity index (χ2n) is 3.37. The summed E-state index contributed by atoms with van der Waals surface area (Å²) in [4.78, 5) is 7.32. The molecule has 2 aliphatic heterocycles. The Kier molecular flexibility index (Phi) is 2.39. The lowest BCUT2D eigenvalue weighted by atomic mass is 10.0. The third kappa shape index (κ3) is 1.39. The summed E-state index contributed by atoms with van der Waals surface area (Å²) in [7, 11) is 1.63. The van der Waals surface area contributed by atoms with Crippen LogP contribution >= 0.6 is 15.9 Å². The number of nitrogens with one attached hydrogen (secondary N) is 1. The number of hydrogen-bond donors (Lipinski definition) is 1. The fourth-order valence-electron chi connectivity index (χ4n) is 2.03. The van der Waals surface area contributed by atoms with Gasteiger partial charge in [-0.15, -0.1) is 0 Å². The molecular weight excluding hydrogens is 220 g/mol. The summed E-state index contributed by atoms with van der Waals surface area (Å²) in [6.07, 6.45) is 1.30. The lowest BCUT2D eigenvalue weighted by Crippen LogP contribution is -2.20. The van der Waals surface area contributed by atoms with Crippen LogP contribution in [0.4, 0.5) is 0 Å². The quantitative estimate of drug-likeness (QED) is 0.570. The lowest BCUT2D eigenvalue weighted by molar-refractivity contribution is 0.124. The zero-order valence-electron chi connectivity index (χ0n) is 7.14. The highest BCUT2D eigenvalue weighted by molar-refractivity contribution is 9.11. The Morgan fingerprint density at radius 1 is 1.75 bits per heavy atom. The third-order valence-corrected chi connectivity index (χ3v) is 3.30. The van der Waals surface area contributed by atoms with Crippen molar-refractivity contribution >= 4 is 15.9 Å². The number of fused-ring (bicyclic) bond motifs is 2. The first-order chi connectivity index (χ1) is 5.81. The van der Waals surface area contributed by atoms with Crippen molar-refractivity contribution in [1.82, 2.24) is 10.4 Å². The molecular formula is C8H13BrN2O. The Morgan fingerprint density at radius 2 is 2.58 bits per heavy atom. The highest BCUT2D eigenvalue weighted by Gasteiger charge is 2.34. The van der Waals surface area contributed by atoms with Gasteiger partial charge in [0.25, 0.3) is 0 Å². The first kappa shape index (κ1) is 8.53. The molecule has 0 radical (unpaired) electrons. The van der Waals surface area contributed by atoms with Crippen LogP contribution in [0.1, 0.15) is 6.42 Å². The fraction of sp³-hybridized carbons (Fsp3) is 0.750. The Balaban J connectivity index is 2.09. The molecule has 0 spiro atoms. The van der Waals surface area contributed by atoms with Gasteiger partial charge in [0.05, 0.1) is 7.11 Å². The Morgan fingerprint density at radius 3 is 3.08 bits per heavy atom. The van der Waals surface area contributed by atoms with Crippen LogP contribution in [0.25, 0.3) is 0 Å². The van der Waals surface area contributed by atoms with E-state index in [2.05, 4.69) is 26.3 Å². The van der Waals surface area contributed by atoms with E-state index in [1.807, 2.05) is 0 Å². The Hall–Kier alpha value is -0.0600. The van der Waals surface area contributed by atoms with E-state index in [0.717, 1.165) is 17.1 Å². The van der Waals surface area contributed by atoms with E-state index in [9.17, 15) is 0 Å². The van der Waals surface area contributed by atoms with Crippen LogP contribution < -0.4 is 5.48 Å². The van der Waals surface area contributed by atoms with Gasteiger partial charge in [0, 0.05) is 13.1 Å². The monoisotopic (exact) mass is 232 g/mol. The molecule has 2 aliphatic rings. The van der Waals surface area contributed by atoms with Gasteiger partial charge >= 0.3 is 0 Å². The number of hydrogen-bond acceptors (Lipinski definition) is 3. The van der Waals surface area contributed by atoms with Gasteiger partial charge in [0.1, 0.15) is 4.61 Å². The molecule has 2 saturated heterocycles. The van der Waals surface area contributed by atoms with Gasteiger partial charge in [-0.05, 0) is 40.4 Å². The van der Waals surface area contributed by atoms with Crippen LogP contribution in [0.5, 0.6) is 0 Å². The summed E-state index contributed by atoms with van der Waals surface area (Å²) in [6, 6.07) is 0. The average Bonchev–Trinajstić information content (AvgIpc) is 2.64. The van der Waals surface area contributed by atoms with E-state index in [1.54, 1.807) is 7.11 Å².